The van der Waals surface area contributed by atoms with Crippen molar-refractivity contribution in [3.63, 3.8) is 0 Å². The molecule has 0 radical (unpaired) electrons. The Morgan fingerprint density at radius 2 is 1.91 bits per heavy atom. The number of nitrogen functional groups attached to an aromatic ring is 1. The lowest BCUT2D eigenvalue weighted by atomic mass is 10.0. The Labute approximate surface area is 124 Å². The highest BCUT2D eigenvalue weighted by Gasteiger charge is 2.39. The Balaban J connectivity index is 2.05. The van der Waals surface area contributed by atoms with E-state index in [1.54, 1.807) is 0 Å². The van der Waals surface area contributed by atoms with E-state index in [0.717, 1.165) is 18.2 Å². The summed E-state index contributed by atoms with van der Waals surface area (Å²) in [5.41, 5.74) is 6.24. The second kappa shape index (κ2) is 5.15. The molecular weight excluding hydrogens is 298 g/mol. The fourth-order valence-corrected chi connectivity index (χ4v) is 2.57. The number of halogens is 4. The molecule has 0 bridgehead atoms. The first kappa shape index (κ1) is 14.6. The van der Waals surface area contributed by atoms with Gasteiger partial charge in [-0.3, -0.25) is 0 Å². The van der Waals surface area contributed by atoms with Crippen molar-refractivity contribution in [1.82, 2.24) is 4.98 Å². The van der Waals surface area contributed by atoms with Crippen LogP contribution in [-0.4, -0.2) is 24.0 Å². The van der Waals surface area contributed by atoms with Gasteiger partial charge in [0, 0.05) is 30.3 Å². The average molecular weight is 311 g/mol. The standard InChI is InChI=1S/C15H13F4N3/c16-9-1-2-12(17)11(7-9)10-3-5-21-14(13(10)20)22-6-4-15(18,19)8-22/h1-3,5,7H,4,6,8,20H2. The number of hydrogen-bond acceptors (Lipinski definition) is 3. The smallest absolute Gasteiger partial charge is 0.266 e. The molecule has 1 aromatic carbocycles. The van der Waals surface area contributed by atoms with E-state index in [4.69, 9.17) is 5.73 Å². The summed E-state index contributed by atoms with van der Waals surface area (Å²) in [5, 5.41) is 0. The highest BCUT2D eigenvalue weighted by Crippen LogP contribution is 2.37. The second-order valence-corrected chi connectivity index (χ2v) is 5.25. The van der Waals surface area contributed by atoms with Crippen LogP contribution in [0, 0.1) is 11.6 Å². The maximum atomic E-state index is 13.9. The van der Waals surface area contributed by atoms with Gasteiger partial charge in [-0.25, -0.2) is 22.5 Å². The number of hydrogen-bond donors (Lipinski definition) is 1. The monoisotopic (exact) mass is 311 g/mol. The van der Waals surface area contributed by atoms with Crippen molar-refractivity contribution in [3.05, 3.63) is 42.1 Å². The van der Waals surface area contributed by atoms with Gasteiger partial charge in [0.05, 0.1) is 12.2 Å². The van der Waals surface area contributed by atoms with E-state index in [0.29, 0.717) is 0 Å². The number of alkyl halides is 2. The van der Waals surface area contributed by atoms with E-state index in [-0.39, 0.29) is 35.6 Å². The summed E-state index contributed by atoms with van der Waals surface area (Å²) in [7, 11) is 0. The molecule has 7 heteroatoms. The fraction of sp³-hybridized carbons (Fsp3) is 0.267. The van der Waals surface area contributed by atoms with Crippen LogP contribution in [0.25, 0.3) is 11.1 Å². The maximum absolute atomic E-state index is 13.9. The third-order valence-electron chi connectivity index (χ3n) is 3.66. The van der Waals surface area contributed by atoms with Crippen LogP contribution in [0.3, 0.4) is 0 Å². The number of rotatable bonds is 2. The number of aromatic nitrogens is 1. The van der Waals surface area contributed by atoms with E-state index in [1.165, 1.54) is 17.2 Å². The van der Waals surface area contributed by atoms with Gasteiger partial charge < -0.3 is 10.6 Å². The molecule has 116 valence electrons. The first-order valence-electron chi connectivity index (χ1n) is 6.70. The largest absolute Gasteiger partial charge is 0.395 e. The van der Waals surface area contributed by atoms with E-state index >= 15 is 0 Å². The predicted octanol–water partition coefficient (Wildman–Crippen LogP) is 3.45. The molecule has 1 aromatic heterocycles. The Morgan fingerprint density at radius 3 is 2.59 bits per heavy atom. The Hall–Kier alpha value is -2.31. The minimum atomic E-state index is -2.80. The molecule has 1 saturated heterocycles. The molecule has 3 rings (SSSR count). The normalized spacial score (nSPS) is 17.0. The zero-order valence-electron chi connectivity index (χ0n) is 11.5. The zero-order chi connectivity index (χ0) is 15.9. The molecule has 0 aliphatic carbocycles. The third kappa shape index (κ3) is 2.58. The van der Waals surface area contributed by atoms with Crippen molar-refractivity contribution in [2.45, 2.75) is 12.3 Å². The van der Waals surface area contributed by atoms with Crippen molar-refractivity contribution < 1.29 is 17.6 Å². The van der Waals surface area contributed by atoms with Crippen LogP contribution >= 0.6 is 0 Å². The molecule has 0 atom stereocenters. The quantitative estimate of drug-likeness (QED) is 0.864. The Morgan fingerprint density at radius 1 is 1.14 bits per heavy atom. The summed E-state index contributed by atoms with van der Waals surface area (Å²) in [5.74, 6) is -3.88. The SMILES string of the molecule is Nc1c(-c2cc(F)ccc2F)ccnc1N1CCC(F)(F)C1. The van der Waals surface area contributed by atoms with Gasteiger partial charge in [0.2, 0.25) is 0 Å². The van der Waals surface area contributed by atoms with Gasteiger partial charge in [0.25, 0.3) is 5.92 Å². The molecule has 2 heterocycles. The summed E-state index contributed by atoms with van der Waals surface area (Å²) in [6.07, 6.45) is 1.06. The molecule has 1 aliphatic rings. The molecule has 0 amide bonds. The lowest BCUT2D eigenvalue weighted by molar-refractivity contribution is 0.0257. The lowest BCUT2D eigenvalue weighted by Crippen LogP contribution is -2.26. The average Bonchev–Trinajstić information content (AvgIpc) is 2.82. The van der Waals surface area contributed by atoms with Crippen LogP contribution in [0.15, 0.2) is 30.5 Å². The Kier molecular flexibility index (Phi) is 3.42. The van der Waals surface area contributed by atoms with Crippen LogP contribution in [-0.2, 0) is 0 Å². The summed E-state index contributed by atoms with van der Waals surface area (Å²) in [6.45, 7) is -0.376. The molecule has 1 fully saturated rings. The predicted molar refractivity (Wildman–Crippen MR) is 75.8 cm³/mol. The molecule has 1 aliphatic heterocycles. The molecule has 3 nitrogen and oxygen atoms in total. The Bertz CT molecular complexity index is 718. The third-order valence-corrected chi connectivity index (χ3v) is 3.66. The molecule has 0 spiro atoms. The van der Waals surface area contributed by atoms with Crippen molar-refractivity contribution in [2.75, 3.05) is 23.7 Å². The van der Waals surface area contributed by atoms with E-state index in [9.17, 15) is 17.6 Å². The minimum Gasteiger partial charge on any atom is -0.395 e. The van der Waals surface area contributed by atoms with E-state index in [2.05, 4.69) is 4.98 Å². The number of nitrogens with two attached hydrogens (primary N) is 1. The first-order chi connectivity index (χ1) is 10.4. The highest BCUT2D eigenvalue weighted by atomic mass is 19.3. The number of benzene rings is 1. The minimum absolute atomic E-state index is 0.0212. The van der Waals surface area contributed by atoms with Gasteiger partial charge in [0.15, 0.2) is 5.82 Å². The topological polar surface area (TPSA) is 42.1 Å². The summed E-state index contributed by atoms with van der Waals surface area (Å²) in [4.78, 5) is 5.37. The van der Waals surface area contributed by atoms with Crippen LogP contribution < -0.4 is 10.6 Å². The molecule has 0 saturated carbocycles. The van der Waals surface area contributed by atoms with Crippen molar-refractivity contribution in [3.8, 4) is 11.1 Å². The highest BCUT2D eigenvalue weighted by molar-refractivity contribution is 5.84. The maximum Gasteiger partial charge on any atom is 0.266 e. The number of anilines is 2. The zero-order valence-corrected chi connectivity index (χ0v) is 11.5. The van der Waals surface area contributed by atoms with Crippen LogP contribution in [0.1, 0.15) is 6.42 Å². The molecule has 0 unspecified atom stereocenters. The summed E-state index contributed by atoms with van der Waals surface area (Å²) >= 11 is 0. The van der Waals surface area contributed by atoms with Gasteiger partial charge in [-0.1, -0.05) is 0 Å². The van der Waals surface area contributed by atoms with Crippen LogP contribution in [0.5, 0.6) is 0 Å². The van der Waals surface area contributed by atoms with Crippen molar-refractivity contribution >= 4 is 11.5 Å². The lowest BCUT2D eigenvalue weighted by Gasteiger charge is -2.20. The second-order valence-electron chi connectivity index (χ2n) is 5.25. The summed E-state index contributed by atoms with van der Waals surface area (Å²) < 4.78 is 53.9. The van der Waals surface area contributed by atoms with Gasteiger partial charge in [-0.15, -0.1) is 0 Å². The number of pyridine rings is 1. The molecule has 2 N–H and O–H groups in total. The van der Waals surface area contributed by atoms with E-state index < -0.39 is 24.1 Å². The number of nitrogens with zero attached hydrogens (tertiary/aromatic N) is 2. The van der Waals surface area contributed by atoms with Crippen molar-refractivity contribution in [2.24, 2.45) is 0 Å². The van der Waals surface area contributed by atoms with Crippen molar-refractivity contribution in [1.29, 1.82) is 0 Å². The van der Waals surface area contributed by atoms with Gasteiger partial charge in [-0.2, -0.15) is 0 Å². The van der Waals surface area contributed by atoms with Gasteiger partial charge >= 0.3 is 0 Å². The molecular formula is C15H13F4N3. The molecule has 22 heavy (non-hydrogen) atoms. The van der Waals surface area contributed by atoms with E-state index in [1.807, 2.05) is 0 Å². The molecule has 2 aromatic rings. The summed E-state index contributed by atoms with van der Waals surface area (Å²) in [6, 6.07) is 4.45. The van der Waals surface area contributed by atoms with Crippen LogP contribution in [0.2, 0.25) is 0 Å². The van der Waals surface area contributed by atoms with Gasteiger partial charge in [-0.05, 0) is 24.3 Å². The van der Waals surface area contributed by atoms with Gasteiger partial charge in [0.1, 0.15) is 11.6 Å². The fourth-order valence-electron chi connectivity index (χ4n) is 2.57. The first-order valence-corrected chi connectivity index (χ1v) is 6.70. The van der Waals surface area contributed by atoms with Crippen LogP contribution in [0.4, 0.5) is 29.1 Å².